The van der Waals surface area contributed by atoms with Gasteiger partial charge in [-0.3, -0.25) is 9.69 Å². The van der Waals surface area contributed by atoms with Crippen molar-refractivity contribution in [1.82, 2.24) is 24.8 Å². The predicted molar refractivity (Wildman–Crippen MR) is 99.6 cm³/mol. The molecule has 4 rings (SSSR count). The molecular weight excluding hydrogens is 326 g/mol. The van der Waals surface area contributed by atoms with Crippen LogP contribution >= 0.6 is 0 Å². The molecule has 1 N–H and O–H groups in total. The zero-order chi connectivity index (χ0) is 18.1. The zero-order valence-electron chi connectivity index (χ0n) is 15.0. The Labute approximate surface area is 152 Å². The van der Waals surface area contributed by atoms with Gasteiger partial charge in [-0.15, -0.1) is 0 Å². The first-order chi connectivity index (χ1) is 12.6. The second-order valence-corrected chi connectivity index (χ2v) is 6.85. The number of aromatic amines is 1. The summed E-state index contributed by atoms with van der Waals surface area (Å²) in [5, 5.41) is 0. The van der Waals surface area contributed by atoms with E-state index in [9.17, 15) is 4.79 Å². The first kappa shape index (κ1) is 16.6. The Balaban J connectivity index is 1.60. The lowest BCUT2D eigenvalue weighted by molar-refractivity contribution is 0.240. The van der Waals surface area contributed by atoms with E-state index in [-0.39, 0.29) is 5.56 Å². The maximum Gasteiger partial charge on any atom is 0.254 e. The lowest BCUT2D eigenvalue weighted by Crippen LogP contribution is -2.35. The SMILES string of the molecule is Cc1ccc(CN2CCc3c(nc(-c4cncnc4)[nH]c3=O)C2)cc1C. The lowest BCUT2D eigenvalue weighted by atomic mass is 10.0. The van der Waals surface area contributed by atoms with Crippen LogP contribution in [0.4, 0.5) is 0 Å². The van der Waals surface area contributed by atoms with Crippen molar-refractivity contribution < 1.29 is 0 Å². The summed E-state index contributed by atoms with van der Waals surface area (Å²) >= 11 is 0. The normalized spacial score (nSPS) is 14.2. The van der Waals surface area contributed by atoms with Gasteiger partial charge in [-0.25, -0.2) is 15.0 Å². The van der Waals surface area contributed by atoms with E-state index in [1.165, 1.54) is 23.0 Å². The fourth-order valence-electron chi connectivity index (χ4n) is 3.35. The standard InChI is InChI=1S/C20H21N5O/c1-13-3-4-15(7-14(13)2)10-25-6-5-17-18(11-25)23-19(24-20(17)26)16-8-21-12-22-9-16/h3-4,7-9,12H,5-6,10-11H2,1-2H3,(H,23,24,26). The molecule has 0 spiro atoms. The number of hydrogen-bond acceptors (Lipinski definition) is 5. The number of fused-ring (bicyclic) bond motifs is 1. The van der Waals surface area contributed by atoms with E-state index in [4.69, 9.17) is 4.98 Å². The van der Waals surface area contributed by atoms with E-state index in [0.717, 1.165) is 29.9 Å². The summed E-state index contributed by atoms with van der Waals surface area (Å²) in [7, 11) is 0. The van der Waals surface area contributed by atoms with Crippen molar-refractivity contribution in [3.8, 4) is 11.4 Å². The summed E-state index contributed by atoms with van der Waals surface area (Å²) in [4.78, 5) is 30.4. The molecule has 26 heavy (non-hydrogen) atoms. The molecule has 6 nitrogen and oxygen atoms in total. The summed E-state index contributed by atoms with van der Waals surface area (Å²) in [6.07, 6.45) is 5.50. The van der Waals surface area contributed by atoms with Crippen molar-refractivity contribution in [1.29, 1.82) is 0 Å². The van der Waals surface area contributed by atoms with Crippen LogP contribution < -0.4 is 5.56 Å². The first-order valence-corrected chi connectivity index (χ1v) is 8.76. The van der Waals surface area contributed by atoms with Gasteiger partial charge in [0.25, 0.3) is 5.56 Å². The highest BCUT2D eigenvalue weighted by atomic mass is 16.1. The maximum absolute atomic E-state index is 12.5. The minimum atomic E-state index is -0.0558. The third-order valence-corrected chi connectivity index (χ3v) is 4.96. The molecule has 6 heteroatoms. The number of aryl methyl sites for hydroxylation is 2. The molecule has 0 saturated heterocycles. The number of aromatic nitrogens is 4. The Morgan fingerprint density at radius 3 is 2.73 bits per heavy atom. The molecule has 0 fully saturated rings. The van der Waals surface area contributed by atoms with E-state index in [1.807, 2.05) is 0 Å². The van der Waals surface area contributed by atoms with Gasteiger partial charge < -0.3 is 4.98 Å². The second kappa shape index (κ2) is 6.80. The van der Waals surface area contributed by atoms with Crippen LogP contribution in [0.5, 0.6) is 0 Å². The van der Waals surface area contributed by atoms with Gasteiger partial charge >= 0.3 is 0 Å². The summed E-state index contributed by atoms with van der Waals surface area (Å²) in [5.74, 6) is 0.530. The highest BCUT2D eigenvalue weighted by Crippen LogP contribution is 2.20. The van der Waals surface area contributed by atoms with Crippen molar-refractivity contribution >= 4 is 0 Å². The molecule has 0 bridgehead atoms. The van der Waals surface area contributed by atoms with Crippen LogP contribution in [-0.4, -0.2) is 31.4 Å². The molecule has 0 atom stereocenters. The fraction of sp³-hybridized carbons (Fsp3) is 0.300. The zero-order valence-corrected chi connectivity index (χ0v) is 15.0. The van der Waals surface area contributed by atoms with Gasteiger partial charge in [0.15, 0.2) is 0 Å². The highest BCUT2D eigenvalue weighted by molar-refractivity contribution is 5.52. The number of rotatable bonds is 3. The van der Waals surface area contributed by atoms with Gasteiger partial charge in [-0.05, 0) is 37.0 Å². The van der Waals surface area contributed by atoms with Gasteiger partial charge in [0, 0.05) is 37.6 Å². The summed E-state index contributed by atoms with van der Waals surface area (Å²) in [6.45, 7) is 6.66. The third kappa shape index (κ3) is 3.28. The van der Waals surface area contributed by atoms with Crippen LogP contribution in [0.3, 0.4) is 0 Å². The Kier molecular flexibility index (Phi) is 4.34. The largest absolute Gasteiger partial charge is 0.306 e. The minimum Gasteiger partial charge on any atom is -0.306 e. The Morgan fingerprint density at radius 1 is 1.15 bits per heavy atom. The van der Waals surface area contributed by atoms with Crippen LogP contribution in [0.2, 0.25) is 0 Å². The highest BCUT2D eigenvalue weighted by Gasteiger charge is 2.21. The number of nitrogens with one attached hydrogen (secondary N) is 1. The number of H-pyrrole nitrogens is 1. The second-order valence-electron chi connectivity index (χ2n) is 6.85. The van der Waals surface area contributed by atoms with Crippen molar-refractivity contribution in [2.45, 2.75) is 33.4 Å². The van der Waals surface area contributed by atoms with E-state index < -0.39 is 0 Å². The van der Waals surface area contributed by atoms with E-state index in [0.29, 0.717) is 18.8 Å². The first-order valence-electron chi connectivity index (χ1n) is 8.76. The van der Waals surface area contributed by atoms with Gasteiger partial charge in [-0.1, -0.05) is 18.2 Å². The topological polar surface area (TPSA) is 74.8 Å². The minimum absolute atomic E-state index is 0.0558. The van der Waals surface area contributed by atoms with Gasteiger partial charge in [0.1, 0.15) is 12.2 Å². The predicted octanol–water partition coefficient (Wildman–Crippen LogP) is 2.40. The van der Waals surface area contributed by atoms with Gasteiger partial charge in [0.05, 0.1) is 11.3 Å². The average molecular weight is 347 g/mol. The molecule has 0 amide bonds. The molecule has 3 aromatic rings. The van der Waals surface area contributed by atoms with Gasteiger partial charge in [0.2, 0.25) is 0 Å². The molecule has 3 heterocycles. The lowest BCUT2D eigenvalue weighted by Gasteiger charge is -2.28. The summed E-state index contributed by atoms with van der Waals surface area (Å²) in [5.41, 5.74) is 6.21. The Morgan fingerprint density at radius 2 is 1.96 bits per heavy atom. The molecule has 0 aliphatic carbocycles. The molecule has 132 valence electrons. The van der Waals surface area contributed by atoms with Gasteiger partial charge in [-0.2, -0.15) is 0 Å². The smallest absolute Gasteiger partial charge is 0.254 e. The number of nitrogens with zero attached hydrogens (tertiary/aromatic N) is 4. The Bertz CT molecular complexity index is 997. The quantitative estimate of drug-likeness (QED) is 0.787. The molecule has 0 saturated carbocycles. The molecule has 0 radical (unpaired) electrons. The van der Waals surface area contributed by atoms with Crippen molar-refractivity contribution in [2.24, 2.45) is 0 Å². The molecule has 1 aliphatic rings. The fourth-order valence-corrected chi connectivity index (χ4v) is 3.35. The number of benzene rings is 1. The number of hydrogen-bond donors (Lipinski definition) is 1. The molecule has 1 aliphatic heterocycles. The van der Waals surface area contributed by atoms with Crippen molar-refractivity contribution in [3.05, 3.63) is 75.2 Å². The van der Waals surface area contributed by atoms with Crippen LogP contribution in [-0.2, 0) is 19.5 Å². The van der Waals surface area contributed by atoms with Crippen LogP contribution in [0, 0.1) is 13.8 Å². The van der Waals surface area contributed by atoms with E-state index in [2.05, 4.69) is 51.9 Å². The Hall–Kier alpha value is -2.86. The van der Waals surface area contributed by atoms with Crippen LogP contribution in [0.25, 0.3) is 11.4 Å². The molecule has 1 aromatic carbocycles. The third-order valence-electron chi connectivity index (χ3n) is 4.96. The van der Waals surface area contributed by atoms with E-state index >= 15 is 0 Å². The van der Waals surface area contributed by atoms with Crippen LogP contribution in [0.1, 0.15) is 27.9 Å². The monoisotopic (exact) mass is 347 g/mol. The van der Waals surface area contributed by atoms with Crippen molar-refractivity contribution in [3.63, 3.8) is 0 Å². The maximum atomic E-state index is 12.5. The van der Waals surface area contributed by atoms with E-state index in [1.54, 1.807) is 12.4 Å². The summed E-state index contributed by atoms with van der Waals surface area (Å²) < 4.78 is 0. The molecule has 2 aromatic heterocycles. The summed E-state index contributed by atoms with van der Waals surface area (Å²) in [6, 6.07) is 6.58. The van der Waals surface area contributed by atoms with Crippen molar-refractivity contribution in [2.75, 3.05) is 6.54 Å². The molecule has 0 unspecified atom stereocenters. The average Bonchev–Trinajstić information content (AvgIpc) is 2.65. The van der Waals surface area contributed by atoms with Crippen LogP contribution in [0.15, 0.2) is 41.7 Å². The molecular formula is C20H21N5O.